The van der Waals surface area contributed by atoms with Gasteiger partial charge in [0.15, 0.2) is 0 Å². The third-order valence-electron chi connectivity index (χ3n) is 8.12. The molecule has 3 aromatic rings. The Morgan fingerprint density at radius 2 is 1.28 bits per heavy atom. The van der Waals surface area contributed by atoms with Gasteiger partial charge in [-0.1, -0.05) is 103 Å². The highest BCUT2D eigenvalue weighted by atomic mass is 32.1. The monoisotopic (exact) mass is 494 g/mol. The number of piperidine rings is 1. The van der Waals surface area contributed by atoms with Gasteiger partial charge in [-0.05, 0) is 68.2 Å². The van der Waals surface area contributed by atoms with Gasteiger partial charge in [-0.25, -0.2) is 0 Å². The first-order chi connectivity index (χ1) is 17.7. The predicted octanol–water partition coefficient (Wildman–Crippen LogP) is 7.38. The number of rotatable bonds is 8. The van der Waals surface area contributed by atoms with Crippen molar-refractivity contribution in [3.8, 4) is 0 Å². The number of thiocarbonyl (C=S) groups is 1. The van der Waals surface area contributed by atoms with Crippen LogP contribution in [0, 0.1) is 0 Å². The van der Waals surface area contributed by atoms with Crippen LogP contribution < -0.4 is 0 Å². The standard InChI is InChI=1S/C33H38N2S/c1-3-34(4-2)33(36)28-17-15-27(16-18-28)32(26-13-9-6-10-14-26)29-23-30-19-20-31(24-29)35(30)22-21-25-11-7-5-8-12-25/h5-18,30-31H,3-4,19-24H2,1-2H3. The molecule has 2 fully saturated rings. The molecular formula is C33H38N2S. The second-order valence-electron chi connectivity index (χ2n) is 10.2. The zero-order valence-corrected chi connectivity index (χ0v) is 22.5. The van der Waals surface area contributed by atoms with E-state index < -0.39 is 0 Å². The molecule has 0 spiro atoms. The Balaban J connectivity index is 1.41. The lowest BCUT2D eigenvalue weighted by atomic mass is 9.85. The Kier molecular flexibility index (Phi) is 7.99. The third-order valence-corrected chi connectivity index (χ3v) is 8.62. The normalized spacial score (nSPS) is 19.3. The van der Waals surface area contributed by atoms with Crippen LogP contribution in [0.5, 0.6) is 0 Å². The molecular weight excluding hydrogens is 456 g/mol. The van der Waals surface area contributed by atoms with E-state index in [1.807, 2.05) is 0 Å². The van der Waals surface area contributed by atoms with Gasteiger partial charge in [-0.3, -0.25) is 4.90 Å². The summed E-state index contributed by atoms with van der Waals surface area (Å²) < 4.78 is 0. The van der Waals surface area contributed by atoms with E-state index in [-0.39, 0.29) is 0 Å². The molecule has 2 atom stereocenters. The van der Waals surface area contributed by atoms with Gasteiger partial charge >= 0.3 is 0 Å². The lowest BCUT2D eigenvalue weighted by Crippen LogP contribution is -2.41. The van der Waals surface area contributed by atoms with Crippen molar-refractivity contribution >= 4 is 22.8 Å². The Hall–Kier alpha value is -2.75. The molecule has 0 amide bonds. The molecule has 0 aromatic heterocycles. The summed E-state index contributed by atoms with van der Waals surface area (Å²) in [4.78, 5) is 6.01. The number of hydrogen-bond acceptors (Lipinski definition) is 2. The molecule has 2 nitrogen and oxygen atoms in total. The van der Waals surface area contributed by atoms with Gasteiger partial charge in [0.2, 0.25) is 0 Å². The van der Waals surface area contributed by atoms with E-state index in [2.05, 4.69) is 109 Å². The first kappa shape index (κ1) is 24.9. The molecule has 2 aliphatic heterocycles. The molecule has 5 rings (SSSR count). The second-order valence-corrected chi connectivity index (χ2v) is 10.6. The Bertz CT molecular complexity index is 1160. The van der Waals surface area contributed by atoms with Gasteiger partial charge in [0.1, 0.15) is 4.99 Å². The number of hydrogen-bond donors (Lipinski definition) is 0. The van der Waals surface area contributed by atoms with Gasteiger partial charge in [0.05, 0.1) is 0 Å². The Morgan fingerprint density at radius 1 is 0.750 bits per heavy atom. The number of nitrogens with zero attached hydrogens (tertiary/aromatic N) is 2. The first-order valence-corrected chi connectivity index (χ1v) is 14.1. The van der Waals surface area contributed by atoms with E-state index in [0.29, 0.717) is 12.1 Å². The quantitative estimate of drug-likeness (QED) is 0.302. The smallest absolute Gasteiger partial charge is 0.109 e. The van der Waals surface area contributed by atoms with Crippen LogP contribution in [-0.4, -0.2) is 46.5 Å². The van der Waals surface area contributed by atoms with Crippen molar-refractivity contribution in [2.24, 2.45) is 0 Å². The molecule has 2 bridgehead atoms. The van der Waals surface area contributed by atoms with Crippen LogP contribution in [0.3, 0.4) is 0 Å². The summed E-state index contributed by atoms with van der Waals surface area (Å²) in [6.07, 6.45) is 6.14. The Labute approximate surface area is 222 Å². The lowest BCUT2D eigenvalue weighted by Gasteiger charge is -2.37. The summed E-state index contributed by atoms with van der Waals surface area (Å²) in [6.45, 7) is 7.40. The molecule has 0 saturated carbocycles. The van der Waals surface area contributed by atoms with E-state index >= 15 is 0 Å². The molecule has 0 radical (unpaired) electrons. The summed E-state index contributed by atoms with van der Waals surface area (Å²) >= 11 is 5.79. The average molecular weight is 495 g/mol. The van der Waals surface area contributed by atoms with Crippen LogP contribution >= 0.6 is 12.2 Å². The molecule has 186 valence electrons. The first-order valence-electron chi connectivity index (χ1n) is 13.6. The molecule has 0 aliphatic carbocycles. The van der Waals surface area contributed by atoms with Gasteiger partial charge in [0.25, 0.3) is 0 Å². The summed E-state index contributed by atoms with van der Waals surface area (Å²) in [7, 11) is 0. The summed E-state index contributed by atoms with van der Waals surface area (Å²) in [5.74, 6) is 0. The molecule has 3 aromatic carbocycles. The molecule has 2 heterocycles. The van der Waals surface area contributed by atoms with Gasteiger partial charge in [0, 0.05) is 37.3 Å². The maximum absolute atomic E-state index is 5.79. The van der Waals surface area contributed by atoms with E-state index in [1.165, 1.54) is 54.5 Å². The van der Waals surface area contributed by atoms with Crippen molar-refractivity contribution < 1.29 is 0 Å². The zero-order chi connectivity index (χ0) is 24.9. The summed E-state index contributed by atoms with van der Waals surface area (Å²) in [5.41, 5.74) is 8.32. The highest BCUT2D eigenvalue weighted by molar-refractivity contribution is 7.80. The van der Waals surface area contributed by atoms with Crippen molar-refractivity contribution in [3.05, 3.63) is 113 Å². The highest BCUT2D eigenvalue weighted by Gasteiger charge is 2.39. The average Bonchev–Trinajstić information content (AvgIpc) is 3.17. The molecule has 2 unspecified atom stereocenters. The minimum absolute atomic E-state index is 0.663. The lowest BCUT2D eigenvalue weighted by molar-refractivity contribution is 0.168. The van der Waals surface area contributed by atoms with Crippen molar-refractivity contribution in [3.63, 3.8) is 0 Å². The topological polar surface area (TPSA) is 6.48 Å². The van der Waals surface area contributed by atoms with Crippen LogP contribution in [0.1, 0.15) is 61.8 Å². The zero-order valence-electron chi connectivity index (χ0n) is 21.7. The largest absolute Gasteiger partial charge is 0.363 e. The van der Waals surface area contributed by atoms with Crippen molar-refractivity contribution in [1.82, 2.24) is 9.80 Å². The van der Waals surface area contributed by atoms with E-state index in [1.54, 1.807) is 5.57 Å². The van der Waals surface area contributed by atoms with Crippen LogP contribution in [0.15, 0.2) is 90.5 Å². The number of benzene rings is 3. The molecule has 2 aliphatic rings. The highest BCUT2D eigenvalue weighted by Crippen LogP contribution is 2.43. The van der Waals surface area contributed by atoms with Gasteiger partial charge in [-0.15, -0.1) is 0 Å². The van der Waals surface area contributed by atoms with Gasteiger partial charge < -0.3 is 4.90 Å². The molecule has 36 heavy (non-hydrogen) atoms. The van der Waals surface area contributed by atoms with Crippen molar-refractivity contribution in [1.29, 1.82) is 0 Å². The SMILES string of the molecule is CCN(CC)C(=S)c1ccc(C(=C2CC3CCC(C2)N3CCc2ccccc2)c2ccccc2)cc1. The third kappa shape index (κ3) is 5.33. The van der Waals surface area contributed by atoms with Crippen molar-refractivity contribution in [2.75, 3.05) is 19.6 Å². The maximum atomic E-state index is 5.79. The Morgan fingerprint density at radius 3 is 1.86 bits per heavy atom. The maximum Gasteiger partial charge on any atom is 0.109 e. The van der Waals surface area contributed by atoms with Crippen LogP contribution in [0.2, 0.25) is 0 Å². The van der Waals surface area contributed by atoms with E-state index in [0.717, 1.165) is 30.1 Å². The van der Waals surface area contributed by atoms with Gasteiger partial charge in [-0.2, -0.15) is 0 Å². The minimum atomic E-state index is 0.663. The fraction of sp³-hybridized carbons (Fsp3) is 0.364. The molecule has 2 saturated heterocycles. The number of fused-ring (bicyclic) bond motifs is 2. The summed E-state index contributed by atoms with van der Waals surface area (Å²) in [6, 6.07) is 32.3. The minimum Gasteiger partial charge on any atom is -0.363 e. The summed E-state index contributed by atoms with van der Waals surface area (Å²) in [5, 5.41) is 0. The fourth-order valence-corrected chi connectivity index (χ4v) is 6.62. The van der Waals surface area contributed by atoms with Crippen molar-refractivity contribution in [2.45, 2.75) is 58.0 Å². The van der Waals surface area contributed by atoms with Crippen LogP contribution in [0.4, 0.5) is 0 Å². The second kappa shape index (κ2) is 11.5. The predicted molar refractivity (Wildman–Crippen MR) is 156 cm³/mol. The van der Waals surface area contributed by atoms with E-state index in [9.17, 15) is 0 Å². The van der Waals surface area contributed by atoms with Crippen LogP contribution in [-0.2, 0) is 6.42 Å². The molecule has 0 N–H and O–H groups in total. The van der Waals surface area contributed by atoms with E-state index in [4.69, 9.17) is 12.2 Å². The molecule has 3 heteroatoms. The van der Waals surface area contributed by atoms with Crippen LogP contribution in [0.25, 0.3) is 5.57 Å². The fourth-order valence-electron chi connectivity index (χ4n) is 6.23.